The van der Waals surface area contributed by atoms with Gasteiger partial charge in [0.15, 0.2) is 0 Å². The number of nitrogens with zero attached hydrogens (tertiary/aromatic N) is 1. The van der Waals surface area contributed by atoms with E-state index in [4.69, 9.17) is 0 Å². The molecule has 1 aliphatic rings. The first-order valence-electron chi connectivity index (χ1n) is 7.08. The molecule has 0 spiro atoms. The number of rotatable bonds is 4. The van der Waals surface area contributed by atoms with Gasteiger partial charge in [0.25, 0.3) is 5.91 Å². The maximum absolute atomic E-state index is 12.1. The number of anilines is 1. The lowest BCUT2D eigenvalue weighted by Crippen LogP contribution is -2.18. The van der Waals surface area contributed by atoms with Gasteiger partial charge in [-0.05, 0) is 71.0 Å². The van der Waals surface area contributed by atoms with Crippen molar-refractivity contribution in [2.24, 2.45) is 0 Å². The third kappa shape index (κ3) is 3.73. The first kappa shape index (κ1) is 14.8. The van der Waals surface area contributed by atoms with E-state index >= 15 is 0 Å². The predicted octanol–water partition coefficient (Wildman–Crippen LogP) is 4.36. The summed E-state index contributed by atoms with van der Waals surface area (Å²) in [5.41, 5.74) is 2.14. The van der Waals surface area contributed by atoms with Crippen LogP contribution in [0.5, 0.6) is 0 Å². The summed E-state index contributed by atoms with van der Waals surface area (Å²) in [4.78, 5) is 15.3. The number of likely N-dealkylation sites (tertiary alicyclic amines) is 1. The largest absolute Gasteiger partial charge is 0.321 e. The lowest BCUT2D eigenvalue weighted by atomic mass is 10.2. The summed E-state index contributed by atoms with van der Waals surface area (Å²) in [5.74, 6) is -0.0656. The van der Waals surface area contributed by atoms with Gasteiger partial charge in [-0.25, -0.2) is 0 Å². The molecule has 0 radical (unpaired) electrons. The maximum atomic E-state index is 12.1. The van der Waals surface area contributed by atoms with Gasteiger partial charge in [0.2, 0.25) is 0 Å². The molecule has 1 saturated heterocycles. The molecule has 0 atom stereocenters. The number of hydrogen-bond donors (Lipinski definition) is 1. The van der Waals surface area contributed by atoms with Gasteiger partial charge < -0.3 is 5.32 Å². The van der Waals surface area contributed by atoms with Crippen LogP contribution in [-0.2, 0) is 6.54 Å². The molecule has 2 heterocycles. The molecule has 2 aromatic rings. The zero-order valence-corrected chi connectivity index (χ0v) is 14.0. The lowest BCUT2D eigenvalue weighted by molar-refractivity contribution is 0.103. The minimum atomic E-state index is -0.0656. The summed E-state index contributed by atoms with van der Waals surface area (Å²) in [6.07, 6.45) is 2.62. The normalized spacial score (nSPS) is 15.3. The van der Waals surface area contributed by atoms with Gasteiger partial charge in [0.1, 0.15) is 4.88 Å². The van der Waals surface area contributed by atoms with Crippen LogP contribution >= 0.6 is 27.3 Å². The van der Waals surface area contributed by atoms with E-state index in [1.54, 1.807) is 0 Å². The average molecular weight is 365 g/mol. The monoisotopic (exact) mass is 364 g/mol. The Morgan fingerprint density at radius 2 is 1.90 bits per heavy atom. The number of carbonyl (C=O) groups excluding carboxylic acids is 1. The molecular formula is C16H17BrN2OS. The highest BCUT2D eigenvalue weighted by atomic mass is 79.9. The van der Waals surface area contributed by atoms with E-state index in [0.717, 1.165) is 16.7 Å². The standard InChI is InChI=1S/C16H17BrN2OS/c17-14-7-10-21-15(14)16(20)18-13-5-3-12(4-6-13)11-19-8-1-2-9-19/h3-7,10H,1-2,8-9,11H2,(H,18,20). The number of carbonyl (C=O) groups is 1. The zero-order valence-electron chi connectivity index (χ0n) is 11.6. The van der Waals surface area contributed by atoms with Gasteiger partial charge >= 0.3 is 0 Å². The molecule has 1 aliphatic heterocycles. The maximum Gasteiger partial charge on any atom is 0.266 e. The lowest BCUT2D eigenvalue weighted by Gasteiger charge is -2.14. The molecule has 3 nitrogen and oxygen atoms in total. The molecule has 1 aromatic carbocycles. The fraction of sp³-hybridized carbons (Fsp3) is 0.312. The second-order valence-electron chi connectivity index (χ2n) is 5.23. The Morgan fingerprint density at radius 1 is 1.19 bits per heavy atom. The van der Waals surface area contributed by atoms with Gasteiger partial charge in [-0.15, -0.1) is 11.3 Å². The SMILES string of the molecule is O=C(Nc1ccc(CN2CCCC2)cc1)c1sccc1Br. The molecule has 0 aliphatic carbocycles. The van der Waals surface area contributed by atoms with Gasteiger partial charge in [0, 0.05) is 16.7 Å². The van der Waals surface area contributed by atoms with Crippen molar-refractivity contribution in [3.05, 3.63) is 50.6 Å². The van der Waals surface area contributed by atoms with Crippen LogP contribution in [0.25, 0.3) is 0 Å². The van der Waals surface area contributed by atoms with Gasteiger partial charge in [-0.1, -0.05) is 12.1 Å². The molecule has 0 unspecified atom stereocenters. The number of amides is 1. The third-order valence-electron chi connectivity index (χ3n) is 3.64. The highest BCUT2D eigenvalue weighted by Crippen LogP contribution is 2.24. The third-order valence-corrected chi connectivity index (χ3v) is 5.48. The van der Waals surface area contributed by atoms with E-state index in [-0.39, 0.29) is 5.91 Å². The van der Waals surface area contributed by atoms with E-state index in [2.05, 4.69) is 38.3 Å². The van der Waals surface area contributed by atoms with E-state index in [1.165, 1.54) is 42.8 Å². The molecule has 1 N–H and O–H groups in total. The van der Waals surface area contributed by atoms with E-state index in [1.807, 2.05) is 23.6 Å². The van der Waals surface area contributed by atoms with Crippen LogP contribution in [-0.4, -0.2) is 23.9 Å². The van der Waals surface area contributed by atoms with Gasteiger partial charge in [-0.2, -0.15) is 0 Å². The van der Waals surface area contributed by atoms with Crippen LogP contribution in [0.3, 0.4) is 0 Å². The molecule has 1 amide bonds. The van der Waals surface area contributed by atoms with E-state index in [0.29, 0.717) is 4.88 Å². The molecular weight excluding hydrogens is 348 g/mol. The van der Waals surface area contributed by atoms with Crippen molar-refractivity contribution in [2.75, 3.05) is 18.4 Å². The topological polar surface area (TPSA) is 32.3 Å². The van der Waals surface area contributed by atoms with E-state index < -0.39 is 0 Å². The first-order valence-corrected chi connectivity index (χ1v) is 8.75. The Labute approximate surface area is 137 Å². The number of benzene rings is 1. The van der Waals surface area contributed by atoms with Crippen LogP contribution in [0.2, 0.25) is 0 Å². The Hall–Kier alpha value is -1.17. The molecule has 1 fully saturated rings. The Balaban J connectivity index is 1.61. The Morgan fingerprint density at radius 3 is 2.52 bits per heavy atom. The second-order valence-corrected chi connectivity index (χ2v) is 7.00. The van der Waals surface area contributed by atoms with Crippen molar-refractivity contribution in [3.8, 4) is 0 Å². The summed E-state index contributed by atoms with van der Waals surface area (Å²) in [6, 6.07) is 10.0. The molecule has 0 bridgehead atoms. The highest BCUT2D eigenvalue weighted by molar-refractivity contribution is 9.10. The first-order chi connectivity index (χ1) is 10.2. The Bertz CT molecular complexity index is 617. The van der Waals surface area contributed by atoms with Crippen molar-refractivity contribution < 1.29 is 4.79 Å². The molecule has 21 heavy (non-hydrogen) atoms. The van der Waals surface area contributed by atoms with Gasteiger partial charge in [-0.3, -0.25) is 9.69 Å². The number of thiophene rings is 1. The van der Waals surface area contributed by atoms with Crippen molar-refractivity contribution in [1.29, 1.82) is 0 Å². The fourth-order valence-electron chi connectivity index (χ4n) is 2.54. The highest BCUT2D eigenvalue weighted by Gasteiger charge is 2.13. The summed E-state index contributed by atoms with van der Waals surface area (Å²) < 4.78 is 0.843. The van der Waals surface area contributed by atoms with Crippen molar-refractivity contribution in [2.45, 2.75) is 19.4 Å². The molecule has 5 heteroatoms. The average Bonchev–Trinajstić information content (AvgIpc) is 3.12. The number of nitrogens with one attached hydrogen (secondary N) is 1. The second kappa shape index (κ2) is 6.73. The van der Waals surface area contributed by atoms with E-state index in [9.17, 15) is 4.79 Å². The van der Waals surface area contributed by atoms with Crippen LogP contribution in [0.1, 0.15) is 28.1 Å². The van der Waals surface area contributed by atoms with Crippen molar-refractivity contribution in [3.63, 3.8) is 0 Å². The van der Waals surface area contributed by atoms with Gasteiger partial charge in [0.05, 0.1) is 0 Å². The fourth-order valence-corrected chi connectivity index (χ4v) is 3.98. The smallest absolute Gasteiger partial charge is 0.266 e. The Kier molecular flexibility index (Phi) is 4.73. The van der Waals surface area contributed by atoms with Crippen molar-refractivity contribution in [1.82, 2.24) is 4.90 Å². The van der Waals surface area contributed by atoms with Crippen LogP contribution in [0, 0.1) is 0 Å². The van der Waals surface area contributed by atoms with Crippen LogP contribution in [0.4, 0.5) is 5.69 Å². The minimum Gasteiger partial charge on any atom is -0.321 e. The van der Waals surface area contributed by atoms with Crippen molar-refractivity contribution >= 4 is 38.9 Å². The van der Waals surface area contributed by atoms with Crippen LogP contribution < -0.4 is 5.32 Å². The summed E-state index contributed by atoms with van der Waals surface area (Å²) in [7, 11) is 0. The summed E-state index contributed by atoms with van der Waals surface area (Å²) in [6.45, 7) is 3.40. The molecule has 1 aromatic heterocycles. The quantitative estimate of drug-likeness (QED) is 0.873. The zero-order chi connectivity index (χ0) is 14.7. The minimum absolute atomic E-state index is 0.0656. The summed E-state index contributed by atoms with van der Waals surface area (Å²) in [5, 5.41) is 4.83. The molecule has 110 valence electrons. The molecule has 0 saturated carbocycles. The number of halogens is 1. The van der Waals surface area contributed by atoms with Crippen LogP contribution in [0.15, 0.2) is 40.2 Å². The summed E-state index contributed by atoms with van der Waals surface area (Å²) >= 11 is 4.82. The number of hydrogen-bond acceptors (Lipinski definition) is 3. The molecule has 3 rings (SSSR count). The predicted molar refractivity (Wildman–Crippen MR) is 90.9 cm³/mol.